The molecule has 1 saturated heterocycles. The number of esters is 1. The van der Waals surface area contributed by atoms with Crippen LogP contribution in [0.15, 0.2) is 0 Å². The van der Waals surface area contributed by atoms with Crippen LogP contribution in [0.1, 0.15) is 6.42 Å². The van der Waals surface area contributed by atoms with Crippen molar-refractivity contribution in [2.24, 2.45) is 0 Å². The number of hydrogen-bond acceptors (Lipinski definition) is 8. The van der Waals surface area contributed by atoms with Crippen molar-refractivity contribution in [3.63, 3.8) is 0 Å². The van der Waals surface area contributed by atoms with Crippen molar-refractivity contribution >= 4 is 13.6 Å². The second kappa shape index (κ2) is 8.71. The molecule has 18 heavy (non-hydrogen) atoms. The number of aliphatic hydroxyl groups excluding tert-OH is 3. The monoisotopic (exact) mass is 300 g/mol. The van der Waals surface area contributed by atoms with Crippen LogP contribution in [-0.4, -0.2) is 51.9 Å². The number of ether oxygens (including phenoxy) is 1. The normalized spacial score (nSPS) is 31.9. The fourth-order valence-corrected chi connectivity index (χ4v) is 1.92. The Hall–Kier alpha value is 1.50. The second-order valence-corrected chi connectivity index (χ2v) is 5.19. The molecule has 3 N–H and O–H groups in total. The van der Waals surface area contributed by atoms with Gasteiger partial charge in [0.25, 0.3) is 0 Å². The van der Waals surface area contributed by atoms with Gasteiger partial charge in [-0.1, -0.05) is 7.60 Å². The smallest absolute Gasteiger partial charge is 0.811 e. The maximum absolute atomic E-state index is 10.9. The van der Waals surface area contributed by atoms with Gasteiger partial charge in [0.1, 0.15) is 18.3 Å². The zero-order valence-corrected chi connectivity index (χ0v) is 14.9. The molecule has 0 aromatic carbocycles. The number of rotatable bonds is 3. The van der Waals surface area contributed by atoms with Crippen LogP contribution in [0, 0.1) is 0 Å². The summed E-state index contributed by atoms with van der Waals surface area (Å²) in [7, 11) is -4.76. The van der Waals surface area contributed by atoms with E-state index in [1.54, 1.807) is 0 Å². The van der Waals surface area contributed by atoms with E-state index in [1.165, 1.54) is 0 Å². The van der Waals surface area contributed by atoms with Gasteiger partial charge in [-0.2, -0.15) is 0 Å². The molecular formula is C7H11Na2O8P. The fraction of sp³-hybridized carbons (Fsp3) is 0.857. The number of cyclic esters (lactones) is 1. The Morgan fingerprint density at radius 3 is 2.11 bits per heavy atom. The van der Waals surface area contributed by atoms with Crippen LogP contribution in [0.4, 0.5) is 0 Å². The van der Waals surface area contributed by atoms with Crippen LogP contribution in [0.3, 0.4) is 0 Å². The first kappa shape index (κ1) is 21.8. The summed E-state index contributed by atoms with van der Waals surface area (Å²) >= 11 is 0. The van der Waals surface area contributed by atoms with E-state index >= 15 is 0 Å². The van der Waals surface area contributed by atoms with E-state index in [-0.39, 0.29) is 59.1 Å². The summed E-state index contributed by atoms with van der Waals surface area (Å²) in [5.41, 5.74) is 0. The predicted molar refractivity (Wildman–Crippen MR) is 45.0 cm³/mol. The van der Waals surface area contributed by atoms with E-state index in [0.29, 0.717) is 0 Å². The average molecular weight is 300 g/mol. The summed E-state index contributed by atoms with van der Waals surface area (Å²) in [5.74, 6) is -1.16. The van der Waals surface area contributed by atoms with Crippen molar-refractivity contribution in [2.75, 3.05) is 6.16 Å². The molecule has 0 spiro atoms. The van der Waals surface area contributed by atoms with Gasteiger partial charge in [-0.15, -0.1) is 0 Å². The summed E-state index contributed by atoms with van der Waals surface area (Å²) in [6.07, 6.45) is -7.74. The van der Waals surface area contributed by atoms with Crippen LogP contribution < -0.4 is 68.9 Å². The number of carbonyl (C=O) groups excluding carboxylic acids is 1. The minimum Gasteiger partial charge on any atom is -0.811 e. The summed E-state index contributed by atoms with van der Waals surface area (Å²) in [5, 5.41) is 27.5. The molecule has 1 aliphatic rings. The topological polar surface area (TPSA) is 150 Å². The molecule has 0 radical (unpaired) electrons. The van der Waals surface area contributed by atoms with Crippen molar-refractivity contribution in [3.05, 3.63) is 0 Å². The van der Waals surface area contributed by atoms with Gasteiger partial charge < -0.3 is 34.4 Å². The van der Waals surface area contributed by atoms with Crippen LogP contribution in [0.25, 0.3) is 0 Å². The third kappa shape index (κ3) is 6.30. The van der Waals surface area contributed by atoms with Gasteiger partial charge in [0.15, 0.2) is 6.10 Å². The van der Waals surface area contributed by atoms with Crippen LogP contribution in [0.2, 0.25) is 0 Å². The Morgan fingerprint density at radius 2 is 1.67 bits per heavy atom. The van der Waals surface area contributed by atoms with Crippen molar-refractivity contribution in [2.45, 2.75) is 30.8 Å². The summed E-state index contributed by atoms with van der Waals surface area (Å²) in [6.45, 7) is 0. The van der Waals surface area contributed by atoms with E-state index in [1.807, 2.05) is 0 Å². The minimum atomic E-state index is -4.76. The molecule has 0 aromatic rings. The molecule has 0 aliphatic carbocycles. The second-order valence-electron chi connectivity index (χ2n) is 3.52. The molecule has 11 heteroatoms. The summed E-state index contributed by atoms with van der Waals surface area (Å²) in [6, 6.07) is 0. The van der Waals surface area contributed by atoms with Gasteiger partial charge in [0.05, 0.1) is 0 Å². The Balaban J connectivity index is 0. The Morgan fingerprint density at radius 1 is 1.17 bits per heavy atom. The van der Waals surface area contributed by atoms with Crippen molar-refractivity contribution in [1.29, 1.82) is 0 Å². The Kier molecular flexibility index (Phi) is 10.5. The Labute approximate surface area is 147 Å². The number of carbonyl (C=O) groups is 1. The third-order valence-corrected chi connectivity index (χ3v) is 3.06. The van der Waals surface area contributed by atoms with Gasteiger partial charge in [0, 0.05) is 0 Å². The number of aliphatic hydroxyl groups is 3. The molecule has 0 bridgehead atoms. The predicted octanol–water partition coefficient (Wildman–Crippen LogP) is -9.69. The molecule has 0 unspecified atom stereocenters. The zero-order chi connectivity index (χ0) is 12.5. The van der Waals surface area contributed by atoms with E-state index in [9.17, 15) is 29.4 Å². The standard InChI is InChI=1S/C7H13O8P.2Na/c8-4-3(1-2-16(12,13)14)15-7(11)6(10)5(4)9;;/h3-6,8-10H,1-2H2,(H2,12,13,14);;/q;2*+1/p-2/t3-,4-,5+,6-;;/m1../s1. The van der Waals surface area contributed by atoms with Crippen LogP contribution >= 0.6 is 7.60 Å². The molecule has 4 atom stereocenters. The number of hydrogen-bond donors (Lipinski definition) is 3. The molecule has 0 amide bonds. The molecular weight excluding hydrogens is 289 g/mol. The van der Waals surface area contributed by atoms with Crippen molar-refractivity contribution < 1.29 is 98.3 Å². The first-order valence-electron chi connectivity index (χ1n) is 4.48. The largest absolute Gasteiger partial charge is 1.00 e. The van der Waals surface area contributed by atoms with E-state index in [0.717, 1.165) is 0 Å². The molecule has 1 aliphatic heterocycles. The molecule has 0 aromatic heterocycles. The fourth-order valence-electron chi connectivity index (χ4n) is 1.35. The van der Waals surface area contributed by atoms with Crippen LogP contribution in [-0.2, 0) is 14.1 Å². The molecule has 1 fully saturated rings. The quantitative estimate of drug-likeness (QED) is 0.264. The van der Waals surface area contributed by atoms with Gasteiger partial charge in [-0.05, 0) is 12.6 Å². The van der Waals surface area contributed by atoms with Crippen LogP contribution in [0.5, 0.6) is 0 Å². The van der Waals surface area contributed by atoms with Gasteiger partial charge in [-0.25, -0.2) is 4.79 Å². The van der Waals surface area contributed by atoms with Gasteiger partial charge >= 0.3 is 65.1 Å². The van der Waals surface area contributed by atoms with E-state index < -0.39 is 50.6 Å². The molecule has 0 saturated carbocycles. The van der Waals surface area contributed by atoms with E-state index in [4.69, 9.17) is 5.11 Å². The molecule has 94 valence electrons. The maximum Gasteiger partial charge on any atom is 1.00 e. The Bertz CT molecular complexity index is 321. The average Bonchev–Trinajstić information content (AvgIpc) is 2.17. The molecule has 1 rings (SSSR count). The third-order valence-electron chi connectivity index (χ3n) is 2.25. The minimum absolute atomic E-state index is 0. The summed E-state index contributed by atoms with van der Waals surface area (Å²) < 4.78 is 14.8. The zero-order valence-electron chi connectivity index (χ0n) is 10.1. The maximum atomic E-state index is 10.9. The van der Waals surface area contributed by atoms with Crippen molar-refractivity contribution in [3.8, 4) is 0 Å². The molecule has 1 heterocycles. The molecule has 8 nitrogen and oxygen atoms in total. The van der Waals surface area contributed by atoms with E-state index in [2.05, 4.69) is 4.74 Å². The first-order valence-corrected chi connectivity index (χ1v) is 6.21. The van der Waals surface area contributed by atoms with Gasteiger partial charge in [0.2, 0.25) is 0 Å². The SMILES string of the molecule is O=C1O[C@H](CCP(=O)([O-])[O-])[C@@H](O)[C@H](O)[C@H]1O.[Na+].[Na+]. The first-order chi connectivity index (χ1) is 7.22. The van der Waals surface area contributed by atoms with Crippen molar-refractivity contribution in [1.82, 2.24) is 0 Å². The van der Waals surface area contributed by atoms with Gasteiger partial charge in [-0.3, -0.25) is 0 Å². The summed E-state index contributed by atoms with van der Waals surface area (Å²) in [4.78, 5) is 31.6.